The molecule has 142 valence electrons. The largest absolute Gasteiger partial charge is 0.443 e. The number of imide groups is 1. The topological polar surface area (TPSA) is 65.1 Å². The van der Waals surface area contributed by atoms with Crippen LogP contribution in [0.15, 0.2) is 60.7 Å². The zero-order valence-electron chi connectivity index (χ0n) is 15.6. The first-order valence-electron chi connectivity index (χ1n) is 8.78. The van der Waals surface area contributed by atoms with Gasteiger partial charge in [-0.15, -0.1) is 0 Å². The highest BCUT2D eigenvalue weighted by Gasteiger charge is 2.48. The van der Waals surface area contributed by atoms with Crippen LogP contribution in [0, 0.1) is 0 Å². The molecule has 0 saturated carbocycles. The summed E-state index contributed by atoms with van der Waals surface area (Å²) in [4.78, 5) is 26.0. The predicted octanol–water partition coefficient (Wildman–Crippen LogP) is 4.66. The highest BCUT2D eigenvalue weighted by Crippen LogP contribution is 2.35. The number of hydrogen-bond donors (Lipinski definition) is 0. The lowest BCUT2D eigenvalue weighted by Crippen LogP contribution is -2.39. The van der Waals surface area contributed by atoms with Crippen LogP contribution in [0.5, 0.6) is 0 Å². The average molecular weight is 369 g/mol. The summed E-state index contributed by atoms with van der Waals surface area (Å²) in [6.07, 6.45) is -2.46. The summed E-state index contributed by atoms with van der Waals surface area (Å²) in [5, 5.41) is 0. The standard InChI is InChI=1S/C21H23NO5/c1-21(2,3)27-20(24)22-17(16-12-8-5-9-13-16)18(26-19(22)23)25-14-15-10-6-4-7-11-15/h4-13,17-18H,14H2,1-3H3/t17-,18+/m0/s1. The lowest BCUT2D eigenvalue weighted by Gasteiger charge is -2.26. The molecule has 0 unspecified atom stereocenters. The van der Waals surface area contributed by atoms with Crippen LogP contribution in [-0.4, -0.2) is 29.0 Å². The van der Waals surface area contributed by atoms with Crippen molar-refractivity contribution in [1.82, 2.24) is 4.90 Å². The third-order valence-corrected chi connectivity index (χ3v) is 3.94. The Morgan fingerprint density at radius 2 is 1.63 bits per heavy atom. The van der Waals surface area contributed by atoms with Gasteiger partial charge in [0.15, 0.2) is 0 Å². The van der Waals surface area contributed by atoms with Gasteiger partial charge in [0.2, 0.25) is 6.29 Å². The molecule has 0 spiro atoms. The molecule has 6 nitrogen and oxygen atoms in total. The van der Waals surface area contributed by atoms with Crippen molar-refractivity contribution in [2.45, 2.75) is 45.3 Å². The maximum atomic E-state index is 12.6. The minimum absolute atomic E-state index is 0.254. The van der Waals surface area contributed by atoms with Crippen LogP contribution in [0.25, 0.3) is 0 Å². The smallest absolute Gasteiger partial charge is 0.422 e. The molecule has 0 N–H and O–H groups in total. The van der Waals surface area contributed by atoms with Crippen LogP contribution < -0.4 is 0 Å². The molecule has 2 amide bonds. The molecule has 0 aromatic heterocycles. The van der Waals surface area contributed by atoms with Crippen molar-refractivity contribution >= 4 is 12.2 Å². The maximum Gasteiger partial charge on any atom is 0.422 e. The van der Waals surface area contributed by atoms with E-state index in [2.05, 4.69) is 0 Å². The Labute approximate surface area is 158 Å². The zero-order valence-corrected chi connectivity index (χ0v) is 15.6. The Morgan fingerprint density at radius 1 is 1.04 bits per heavy atom. The lowest BCUT2D eigenvalue weighted by molar-refractivity contribution is -0.105. The molecule has 3 rings (SSSR count). The van der Waals surface area contributed by atoms with Gasteiger partial charge in [0.05, 0.1) is 6.61 Å². The van der Waals surface area contributed by atoms with Crippen LogP contribution in [0.4, 0.5) is 9.59 Å². The summed E-state index contributed by atoms with van der Waals surface area (Å²) in [5.74, 6) is 0. The highest BCUT2D eigenvalue weighted by molar-refractivity contribution is 5.90. The van der Waals surface area contributed by atoms with Crippen molar-refractivity contribution < 1.29 is 23.8 Å². The molecule has 27 heavy (non-hydrogen) atoms. The van der Waals surface area contributed by atoms with E-state index in [1.165, 1.54) is 0 Å². The van der Waals surface area contributed by atoms with E-state index in [4.69, 9.17) is 14.2 Å². The van der Waals surface area contributed by atoms with Crippen LogP contribution in [0.2, 0.25) is 0 Å². The first-order chi connectivity index (χ1) is 12.8. The van der Waals surface area contributed by atoms with Gasteiger partial charge in [-0.2, -0.15) is 4.90 Å². The molecular weight excluding hydrogens is 346 g/mol. The van der Waals surface area contributed by atoms with Crippen LogP contribution in [-0.2, 0) is 20.8 Å². The van der Waals surface area contributed by atoms with E-state index in [-0.39, 0.29) is 6.61 Å². The number of benzene rings is 2. The lowest BCUT2D eigenvalue weighted by atomic mass is 10.1. The van der Waals surface area contributed by atoms with Gasteiger partial charge in [0, 0.05) is 0 Å². The fraction of sp³-hybridized carbons (Fsp3) is 0.333. The molecule has 1 heterocycles. The molecule has 1 fully saturated rings. The third-order valence-electron chi connectivity index (χ3n) is 3.94. The average Bonchev–Trinajstić information content (AvgIpc) is 2.96. The fourth-order valence-corrected chi connectivity index (χ4v) is 2.79. The van der Waals surface area contributed by atoms with Gasteiger partial charge in [0.25, 0.3) is 0 Å². The number of hydrogen-bond acceptors (Lipinski definition) is 5. The van der Waals surface area contributed by atoms with Crippen molar-refractivity contribution in [3.8, 4) is 0 Å². The summed E-state index contributed by atoms with van der Waals surface area (Å²) < 4.78 is 16.6. The van der Waals surface area contributed by atoms with E-state index < -0.39 is 30.1 Å². The minimum atomic E-state index is -0.923. The molecule has 0 aliphatic carbocycles. The fourth-order valence-electron chi connectivity index (χ4n) is 2.79. The van der Waals surface area contributed by atoms with E-state index in [0.717, 1.165) is 16.0 Å². The SMILES string of the molecule is CC(C)(C)OC(=O)N1C(=O)O[C@@H](OCc2ccccc2)[C@@H]1c1ccccc1. The second-order valence-corrected chi connectivity index (χ2v) is 7.25. The van der Waals surface area contributed by atoms with Crippen LogP contribution in [0.1, 0.15) is 37.9 Å². The van der Waals surface area contributed by atoms with Crippen molar-refractivity contribution in [3.05, 3.63) is 71.8 Å². The number of nitrogens with zero attached hydrogens (tertiary/aromatic N) is 1. The predicted molar refractivity (Wildman–Crippen MR) is 98.8 cm³/mol. The Bertz CT molecular complexity index is 785. The number of carbonyl (C=O) groups excluding carboxylic acids is 2. The monoisotopic (exact) mass is 369 g/mol. The molecule has 1 aliphatic heterocycles. The van der Waals surface area contributed by atoms with Gasteiger partial charge in [-0.1, -0.05) is 60.7 Å². The molecule has 1 aliphatic rings. The van der Waals surface area contributed by atoms with Crippen LogP contribution >= 0.6 is 0 Å². The van der Waals surface area contributed by atoms with Crippen molar-refractivity contribution in [2.75, 3.05) is 0 Å². The number of amides is 2. The van der Waals surface area contributed by atoms with E-state index >= 15 is 0 Å². The summed E-state index contributed by atoms with van der Waals surface area (Å²) >= 11 is 0. The maximum absolute atomic E-state index is 12.6. The second kappa shape index (κ2) is 7.80. The number of cyclic esters (lactones) is 1. The van der Waals surface area contributed by atoms with Gasteiger partial charge in [0.1, 0.15) is 11.6 Å². The quantitative estimate of drug-likeness (QED) is 0.784. The molecular formula is C21H23NO5. The van der Waals surface area contributed by atoms with E-state index in [1.807, 2.05) is 60.7 Å². The van der Waals surface area contributed by atoms with E-state index in [1.54, 1.807) is 20.8 Å². The summed E-state index contributed by atoms with van der Waals surface area (Å²) in [7, 11) is 0. The molecule has 6 heteroatoms. The zero-order chi connectivity index (χ0) is 19.4. The summed E-state index contributed by atoms with van der Waals surface area (Å²) in [5.41, 5.74) is 0.935. The molecule has 0 bridgehead atoms. The number of ether oxygens (including phenoxy) is 3. The Morgan fingerprint density at radius 3 is 2.22 bits per heavy atom. The summed E-state index contributed by atoms with van der Waals surface area (Å²) in [6, 6.07) is 18.0. The van der Waals surface area contributed by atoms with Crippen LogP contribution in [0.3, 0.4) is 0 Å². The normalized spacial score (nSPS) is 19.7. The number of rotatable bonds is 4. The van der Waals surface area contributed by atoms with Gasteiger partial charge in [-0.25, -0.2) is 9.59 Å². The van der Waals surface area contributed by atoms with Crippen molar-refractivity contribution in [3.63, 3.8) is 0 Å². The molecule has 0 radical (unpaired) electrons. The Balaban J connectivity index is 1.84. The first-order valence-corrected chi connectivity index (χ1v) is 8.78. The first kappa shape index (κ1) is 18.9. The van der Waals surface area contributed by atoms with Crippen molar-refractivity contribution in [2.24, 2.45) is 0 Å². The molecule has 2 aromatic rings. The third kappa shape index (κ3) is 4.65. The molecule has 1 saturated heterocycles. The minimum Gasteiger partial charge on any atom is -0.443 e. The Hall–Kier alpha value is -2.86. The molecule has 2 aromatic carbocycles. The van der Waals surface area contributed by atoms with Gasteiger partial charge < -0.3 is 14.2 Å². The molecule has 2 atom stereocenters. The number of carbonyl (C=O) groups is 2. The van der Waals surface area contributed by atoms with Gasteiger partial charge >= 0.3 is 12.2 Å². The van der Waals surface area contributed by atoms with E-state index in [9.17, 15) is 9.59 Å². The second-order valence-electron chi connectivity index (χ2n) is 7.25. The highest BCUT2D eigenvalue weighted by atomic mass is 16.7. The summed E-state index contributed by atoms with van der Waals surface area (Å²) in [6.45, 7) is 5.48. The Kier molecular flexibility index (Phi) is 5.46. The van der Waals surface area contributed by atoms with Gasteiger partial charge in [-0.05, 0) is 31.9 Å². The van der Waals surface area contributed by atoms with Gasteiger partial charge in [-0.3, -0.25) is 0 Å². The van der Waals surface area contributed by atoms with Crippen molar-refractivity contribution in [1.29, 1.82) is 0 Å². The van der Waals surface area contributed by atoms with E-state index in [0.29, 0.717) is 0 Å².